The first-order chi connectivity index (χ1) is 12.9. The van der Waals surface area contributed by atoms with E-state index < -0.39 is 25.1 Å². The molecule has 27 heavy (non-hydrogen) atoms. The summed E-state index contributed by atoms with van der Waals surface area (Å²) in [5, 5.41) is 2.73. The van der Waals surface area contributed by atoms with E-state index in [1.165, 1.54) is 12.1 Å². The molecule has 9 heteroatoms. The second-order valence-corrected chi connectivity index (χ2v) is 6.74. The summed E-state index contributed by atoms with van der Waals surface area (Å²) in [5.41, 5.74) is 0.724. The van der Waals surface area contributed by atoms with Crippen molar-refractivity contribution in [3.63, 3.8) is 0 Å². The summed E-state index contributed by atoms with van der Waals surface area (Å²) >= 11 is 0. The number of nitrogens with one attached hydrogen (secondary N) is 1. The van der Waals surface area contributed by atoms with Gasteiger partial charge in [-0.1, -0.05) is 12.1 Å². The lowest BCUT2D eigenvalue weighted by atomic mass is 10.0. The summed E-state index contributed by atoms with van der Waals surface area (Å²) in [4.78, 5) is 15.6. The topological polar surface area (TPSA) is 54.0 Å². The number of nitrogens with zero attached hydrogens (tertiary/aromatic N) is 2. The zero-order valence-electron chi connectivity index (χ0n) is 15.0. The van der Waals surface area contributed by atoms with Gasteiger partial charge in [-0.15, -0.1) is 0 Å². The van der Waals surface area contributed by atoms with Gasteiger partial charge >= 0.3 is 6.03 Å². The molecule has 1 aromatic rings. The zero-order chi connectivity index (χ0) is 19.3. The molecular weight excluding hydrogens is 363 g/mol. The highest BCUT2D eigenvalue weighted by atomic mass is 19.3. The summed E-state index contributed by atoms with van der Waals surface area (Å²) in [6.45, 7) is 1.39. The normalized spacial score (nSPS) is 22.1. The molecule has 3 rings (SSSR count). The molecule has 1 N–H and O–H groups in total. The minimum Gasteiger partial charge on any atom is -0.379 e. The lowest BCUT2D eigenvalue weighted by Gasteiger charge is -2.35. The number of carbonyl (C=O) groups excluding carboxylic acids is 1. The molecule has 2 aliphatic rings. The molecule has 2 fully saturated rings. The first-order valence-corrected chi connectivity index (χ1v) is 9.00. The van der Waals surface area contributed by atoms with Gasteiger partial charge in [0.25, 0.3) is 5.92 Å². The van der Waals surface area contributed by atoms with Crippen LogP contribution < -0.4 is 5.32 Å². The molecule has 0 bridgehead atoms. The highest BCUT2D eigenvalue weighted by Gasteiger charge is 2.36. The van der Waals surface area contributed by atoms with E-state index in [0.29, 0.717) is 26.3 Å². The van der Waals surface area contributed by atoms with Crippen molar-refractivity contribution < 1.29 is 27.4 Å². The Balaban J connectivity index is 1.67. The second-order valence-electron chi connectivity index (χ2n) is 6.74. The van der Waals surface area contributed by atoms with Crippen LogP contribution in [0.5, 0.6) is 0 Å². The van der Waals surface area contributed by atoms with Gasteiger partial charge < -0.3 is 19.7 Å². The second kappa shape index (κ2) is 8.90. The Morgan fingerprint density at radius 3 is 2.67 bits per heavy atom. The van der Waals surface area contributed by atoms with E-state index in [0.717, 1.165) is 10.5 Å². The average molecular weight is 387 g/mol. The predicted molar refractivity (Wildman–Crippen MR) is 92.3 cm³/mol. The molecule has 0 spiro atoms. The van der Waals surface area contributed by atoms with Crippen LogP contribution in [0, 0.1) is 5.82 Å². The minimum atomic E-state index is -3.07. The van der Waals surface area contributed by atoms with Crippen molar-refractivity contribution in [2.45, 2.75) is 12.0 Å². The molecule has 2 heterocycles. The Morgan fingerprint density at radius 2 is 1.93 bits per heavy atom. The maximum atomic E-state index is 13.7. The molecule has 2 saturated heterocycles. The van der Waals surface area contributed by atoms with Crippen molar-refractivity contribution >= 4 is 6.03 Å². The van der Waals surface area contributed by atoms with Crippen molar-refractivity contribution in [1.82, 2.24) is 15.1 Å². The predicted octanol–water partition coefficient (Wildman–Crippen LogP) is 1.88. The van der Waals surface area contributed by atoms with Crippen LogP contribution in [0.25, 0.3) is 0 Å². The van der Waals surface area contributed by atoms with Gasteiger partial charge in [0.2, 0.25) is 0 Å². The van der Waals surface area contributed by atoms with Gasteiger partial charge in [0.05, 0.1) is 32.4 Å². The molecule has 6 nitrogen and oxygen atoms in total. The maximum Gasteiger partial charge on any atom is 0.317 e. The third-order valence-corrected chi connectivity index (χ3v) is 4.69. The lowest BCUT2D eigenvalue weighted by molar-refractivity contribution is -0.0652. The van der Waals surface area contributed by atoms with Crippen LogP contribution in [-0.2, 0) is 9.47 Å². The first-order valence-electron chi connectivity index (χ1n) is 9.00. The fourth-order valence-corrected chi connectivity index (χ4v) is 3.33. The largest absolute Gasteiger partial charge is 0.379 e. The highest BCUT2D eigenvalue weighted by molar-refractivity contribution is 5.74. The monoisotopic (exact) mass is 387 g/mol. The molecule has 2 aliphatic heterocycles. The van der Waals surface area contributed by atoms with E-state index in [1.54, 1.807) is 12.1 Å². The van der Waals surface area contributed by atoms with Crippen LogP contribution >= 0.6 is 0 Å². The zero-order valence-corrected chi connectivity index (χ0v) is 15.0. The minimum absolute atomic E-state index is 0.0692. The van der Waals surface area contributed by atoms with E-state index in [-0.39, 0.29) is 31.6 Å². The quantitative estimate of drug-likeness (QED) is 0.857. The van der Waals surface area contributed by atoms with E-state index in [1.807, 2.05) is 0 Å². The van der Waals surface area contributed by atoms with Gasteiger partial charge in [-0.05, 0) is 17.7 Å². The molecule has 0 aliphatic carbocycles. The summed E-state index contributed by atoms with van der Waals surface area (Å²) in [6.07, 6.45) is 0. The van der Waals surface area contributed by atoms with Crippen molar-refractivity contribution in [2.75, 3.05) is 59.2 Å². The fraction of sp³-hybridized carbons (Fsp3) is 0.611. The summed E-state index contributed by atoms with van der Waals surface area (Å²) in [7, 11) is 0. The van der Waals surface area contributed by atoms with E-state index in [4.69, 9.17) is 9.47 Å². The van der Waals surface area contributed by atoms with Crippen LogP contribution in [0.3, 0.4) is 0 Å². The van der Waals surface area contributed by atoms with Crippen molar-refractivity contribution in [3.8, 4) is 0 Å². The highest BCUT2D eigenvalue weighted by Crippen LogP contribution is 2.23. The summed E-state index contributed by atoms with van der Waals surface area (Å²) < 4.78 is 51.2. The van der Waals surface area contributed by atoms with Crippen molar-refractivity contribution in [2.24, 2.45) is 0 Å². The standard InChI is InChI=1S/C18H24F3N3O3/c19-15-3-1-2-14(10-15)16(23-4-7-26-8-5-23)11-22-17(25)24-6-9-27-13-18(20,21)12-24/h1-3,10,16H,4-9,11-13H2,(H,22,25). The Kier molecular flexibility index (Phi) is 6.56. The van der Waals surface area contributed by atoms with Gasteiger partial charge in [-0.3, -0.25) is 4.90 Å². The number of carbonyl (C=O) groups is 1. The van der Waals surface area contributed by atoms with Crippen molar-refractivity contribution in [1.29, 1.82) is 0 Å². The van der Waals surface area contributed by atoms with E-state index >= 15 is 0 Å². The Hall–Kier alpha value is -1.84. The van der Waals surface area contributed by atoms with Gasteiger partial charge in [0.1, 0.15) is 12.4 Å². The third-order valence-electron chi connectivity index (χ3n) is 4.69. The van der Waals surface area contributed by atoms with Crippen LogP contribution in [0.2, 0.25) is 0 Å². The van der Waals surface area contributed by atoms with Crippen LogP contribution in [-0.4, -0.2) is 80.9 Å². The Bertz CT molecular complexity index is 641. The Morgan fingerprint density at radius 1 is 1.19 bits per heavy atom. The summed E-state index contributed by atoms with van der Waals surface area (Å²) in [5.74, 6) is -3.43. The molecule has 1 aromatic carbocycles. The van der Waals surface area contributed by atoms with Crippen molar-refractivity contribution in [3.05, 3.63) is 35.6 Å². The SMILES string of the molecule is O=C(NCC(c1cccc(F)c1)N1CCOCC1)N1CCOCC(F)(F)C1. The average Bonchev–Trinajstić information content (AvgIpc) is 2.83. The molecule has 0 saturated carbocycles. The number of halogens is 3. The third kappa shape index (κ3) is 5.57. The number of urea groups is 1. The van der Waals surface area contributed by atoms with E-state index in [2.05, 4.69) is 10.2 Å². The smallest absolute Gasteiger partial charge is 0.317 e. The number of amides is 2. The van der Waals surface area contributed by atoms with Crippen LogP contribution in [0.15, 0.2) is 24.3 Å². The molecular formula is C18H24F3N3O3. The van der Waals surface area contributed by atoms with Gasteiger partial charge in [-0.2, -0.15) is 0 Å². The van der Waals surface area contributed by atoms with Crippen LogP contribution in [0.1, 0.15) is 11.6 Å². The molecule has 150 valence electrons. The van der Waals surface area contributed by atoms with Gasteiger partial charge in [0.15, 0.2) is 0 Å². The number of hydrogen-bond acceptors (Lipinski definition) is 4. The fourth-order valence-electron chi connectivity index (χ4n) is 3.33. The number of ether oxygens (including phenoxy) is 2. The number of hydrogen-bond donors (Lipinski definition) is 1. The maximum absolute atomic E-state index is 13.7. The van der Waals surface area contributed by atoms with E-state index in [9.17, 15) is 18.0 Å². The van der Waals surface area contributed by atoms with Gasteiger partial charge in [0, 0.05) is 26.2 Å². The molecule has 1 atom stereocenters. The molecule has 0 radical (unpaired) electrons. The van der Waals surface area contributed by atoms with Crippen LogP contribution in [0.4, 0.5) is 18.0 Å². The van der Waals surface area contributed by atoms with Gasteiger partial charge in [-0.25, -0.2) is 18.0 Å². The summed E-state index contributed by atoms with van der Waals surface area (Å²) in [6, 6.07) is 5.36. The molecule has 0 aromatic heterocycles. The number of morpholine rings is 1. The Labute approximate surface area is 156 Å². The number of benzene rings is 1. The molecule has 1 unspecified atom stereocenters. The first kappa shape index (κ1) is 19.9. The molecule has 2 amide bonds. The number of rotatable bonds is 4. The lowest BCUT2D eigenvalue weighted by Crippen LogP contribution is -2.49. The number of alkyl halides is 2.